The maximum atomic E-state index is 5.03. The van der Waals surface area contributed by atoms with E-state index in [-0.39, 0.29) is 0 Å². The molecule has 0 spiro atoms. The second-order valence-electron chi connectivity index (χ2n) is 5.86. The van der Waals surface area contributed by atoms with Gasteiger partial charge in [0.25, 0.3) is 0 Å². The van der Waals surface area contributed by atoms with Crippen molar-refractivity contribution in [3.05, 3.63) is 0 Å². The van der Waals surface area contributed by atoms with Gasteiger partial charge in [0.1, 0.15) is 0 Å². The van der Waals surface area contributed by atoms with Crippen molar-refractivity contribution in [3.8, 4) is 0 Å². The molecule has 1 aliphatic heterocycles. The fraction of sp³-hybridized carbons (Fsp3) is 0.938. The van der Waals surface area contributed by atoms with Gasteiger partial charge < -0.3 is 20.3 Å². The lowest BCUT2D eigenvalue weighted by atomic mass is 10.0. The topological polar surface area (TPSA) is 48.9 Å². The summed E-state index contributed by atoms with van der Waals surface area (Å²) in [7, 11) is 3.55. The first-order valence-corrected chi connectivity index (χ1v) is 8.45. The minimum absolute atomic E-state index is 0.780. The number of hydrogen-bond acceptors (Lipinski definition) is 3. The van der Waals surface area contributed by atoms with Crippen molar-refractivity contribution >= 4 is 5.96 Å². The molecule has 1 fully saturated rings. The van der Waals surface area contributed by atoms with Crippen molar-refractivity contribution < 1.29 is 4.74 Å². The van der Waals surface area contributed by atoms with E-state index in [4.69, 9.17) is 4.74 Å². The highest BCUT2D eigenvalue weighted by atomic mass is 16.5. The molecule has 1 atom stereocenters. The molecule has 5 nitrogen and oxygen atoms in total. The number of nitrogens with one attached hydrogen (secondary N) is 2. The minimum atomic E-state index is 0.780. The van der Waals surface area contributed by atoms with Gasteiger partial charge in [-0.05, 0) is 52.1 Å². The summed E-state index contributed by atoms with van der Waals surface area (Å²) in [6.07, 6.45) is 7.62. The lowest BCUT2D eigenvalue weighted by Gasteiger charge is -2.33. The van der Waals surface area contributed by atoms with Crippen LogP contribution >= 0.6 is 0 Å². The molecular weight excluding hydrogens is 264 g/mol. The van der Waals surface area contributed by atoms with Crippen molar-refractivity contribution in [3.63, 3.8) is 0 Å². The van der Waals surface area contributed by atoms with Crippen LogP contribution in [0.3, 0.4) is 0 Å². The summed E-state index contributed by atoms with van der Waals surface area (Å²) in [5.74, 6) is 0.900. The molecule has 0 radical (unpaired) electrons. The largest absolute Gasteiger partial charge is 0.385 e. The predicted octanol–water partition coefficient (Wildman–Crippen LogP) is 1.84. The Bertz CT molecular complexity index is 283. The Morgan fingerprint density at radius 3 is 2.62 bits per heavy atom. The molecule has 0 saturated carbocycles. The van der Waals surface area contributed by atoms with E-state index >= 15 is 0 Å². The van der Waals surface area contributed by atoms with Gasteiger partial charge in [-0.3, -0.25) is 4.99 Å². The Labute approximate surface area is 130 Å². The second-order valence-corrected chi connectivity index (χ2v) is 5.86. The highest BCUT2D eigenvalue weighted by Gasteiger charge is 2.16. The van der Waals surface area contributed by atoms with E-state index < -0.39 is 0 Å². The molecule has 2 N–H and O–H groups in total. The van der Waals surface area contributed by atoms with E-state index in [0.29, 0.717) is 0 Å². The molecule has 124 valence electrons. The normalized spacial score (nSPS) is 20.5. The van der Waals surface area contributed by atoms with Gasteiger partial charge in [0, 0.05) is 39.9 Å². The predicted molar refractivity (Wildman–Crippen MR) is 90.0 cm³/mol. The van der Waals surface area contributed by atoms with E-state index in [1.54, 1.807) is 7.11 Å². The Kier molecular flexibility index (Phi) is 10.3. The van der Waals surface area contributed by atoms with Crippen molar-refractivity contribution in [1.82, 2.24) is 15.5 Å². The molecule has 0 aromatic carbocycles. The average molecular weight is 298 g/mol. The molecule has 21 heavy (non-hydrogen) atoms. The Hall–Kier alpha value is -0.810. The van der Waals surface area contributed by atoms with E-state index in [9.17, 15) is 0 Å². The maximum absolute atomic E-state index is 5.03. The van der Waals surface area contributed by atoms with E-state index in [1.165, 1.54) is 45.2 Å². The van der Waals surface area contributed by atoms with Gasteiger partial charge in [0.15, 0.2) is 5.96 Å². The summed E-state index contributed by atoms with van der Waals surface area (Å²) in [5, 5.41) is 6.67. The van der Waals surface area contributed by atoms with E-state index in [1.807, 2.05) is 7.05 Å². The third-order valence-electron chi connectivity index (χ3n) is 4.15. The van der Waals surface area contributed by atoms with Gasteiger partial charge >= 0.3 is 0 Å². The first kappa shape index (κ1) is 18.2. The van der Waals surface area contributed by atoms with Crippen LogP contribution < -0.4 is 10.6 Å². The molecule has 1 saturated heterocycles. The van der Waals surface area contributed by atoms with Crippen LogP contribution in [0.2, 0.25) is 0 Å². The second kappa shape index (κ2) is 11.8. The zero-order chi connectivity index (χ0) is 15.3. The Morgan fingerprint density at radius 1 is 1.19 bits per heavy atom. The number of ether oxygens (including phenoxy) is 1. The van der Waals surface area contributed by atoms with Crippen LogP contribution in [-0.4, -0.2) is 63.8 Å². The van der Waals surface area contributed by atoms with Crippen molar-refractivity contribution in [1.29, 1.82) is 0 Å². The van der Waals surface area contributed by atoms with Crippen LogP contribution in [0.1, 0.15) is 45.4 Å². The van der Waals surface area contributed by atoms with Gasteiger partial charge in [-0.1, -0.05) is 6.42 Å². The van der Waals surface area contributed by atoms with Crippen molar-refractivity contribution in [2.45, 2.75) is 51.5 Å². The fourth-order valence-corrected chi connectivity index (χ4v) is 2.78. The summed E-state index contributed by atoms with van der Waals surface area (Å²) < 4.78 is 5.03. The Balaban J connectivity index is 2.01. The molecule has 1 heterocycles. The molecule has 0 amide bonds. The fourth-order valence-electron chi connectivity index (χ4n) is 2.78. The highest BCUT2D eigenvalue weighted by molar-refractivity contribution is 5.79. The number of rotatable bonds is 9. The molecule has 5 heteroatoms. The van der Waals surface area contributed by atoms with Gasteiger partial charge in [-0.15, -0.1) is 0 Å². The van der Waals surface area contributed by atoms with Gasteiger partial charge in [0.05, 0.1) is 0 Å². The minimum Gasteiger partial charge on any atom is -0.385 e. The number of likely N-dealkylation sites (tertiary alicyclic amines) is 1. The van der Waals surface area contributed by atoms with Crippen LogP contribution in [0.4, 0.5) is 0 Å². The first-order valence-electron chi connectivity index (χ1n) is 8.45. The first-order chi connectivity index (χ1) is 10.3. The number of nitrogens with zero attached hydrogens (tertiary/aromatic N) is 2. The summed E-state index contributed by atoms with van der Waals surface area (Å²) in [6.45, 7) is 7.58. The van der Waals surface area contributed by atoms with Crippen LogP contribution in [0.25, 0.3) is 0 Å². The quantitative estimate of drug-likeness (QED) is 0.387. The lowest BCUT2D eigenvalue weighted by Crippen LogP contribution is -2.39. The van der Waals surface area contributed by atoms with Gasteiger partial charge in [0.2, 0.25) is 0 Å². The van der Waals surface area contributed by atoms with Crippen molar-refractivity contribution in [2.75, 3.05) is 46.9 Å². The number of hydrogen-bond donors (Lipinski definition) is 2. The number of piperidine rings is 1. The van der Waals surface area contributed by atoms with Crippen LogP contribution in [-0.2, 0) is 4.74 Å². The third kappa shape index (κ3) is 8.27. The molecule has 1 aliphatic rings. The summed E-state index contributed by atoms with van der Waals surface area (Å²) in [6, 6.07) is 0.780. The Morgan fingerprint density at radius 2 is 1.95 bits per heavy atom. The maximum Gasteiger partial charge on any atom is 0.190 e. The molecule has 1 unspecified atom stereocenters. The molecule has 1 rings (SSSR count). The molecule has 0 aromatic rings. The molecule has 0 aliphatic carbocycles. The van der Waals surface area contributed by atoms with Crippen LogP contribution in [0, 0.1) is 0 Å². The average Bonchev–Trinajstić information content (AvgIpc) is 2.50. The van der Waals surface area contributed by atoms with Crippen LogP contribution in [0.5, 0.6) is 0 Å². The van der Waals surface area contributed by atoms with E-state index in [0.717, 1.165) is 38.1 Å². The number of methoxy groups -OCH3 is 1. The highest BCUT2D eigenvalue weighted by Crippen LogP contribution is 2.16. The third-order valence-corrected chi connectivity index (χ3v) is 4.15. The summed E-state index contributed by atoms with van der Waals surface area (Å²) in [5.41, 5.74) is 0. The van der Waals surface area contributed by atoms with Crippen LogP contribution in [0.15, 0.2) is 4.99 Å². The SMILES string of the molecule is CN=C(NCCCCN1CCCCC1C)NCCCOC. The summed E-state index contributed by atoms with van der Waals surface area (Å²) in [4.78, 5) is 6.87. The molecule has 0 bridgehead atoms. The monoisotopic (exact) mass is 298 g/mol. The number of aliphatic imine (C=N–C) groups is 1. The molecule has 0 aromatic heterocycles. The van der Waals surface area contributed by atoms with Gasteiger partial charge in [-0.2, -0.15) is 0 Å². The smallest absolute Gasteiger partial charge is 0.190 e. The van der Waals surface area contributed by atoms with Gasteiger partial charge in [-0.25, -0.2) is 0 Å². The number of unbranched alkanes of at least 4 members (excludes halogenated alkanes) is 1. The summed E-state index contributed by atoms with van der Waals surface area (Å²) >= 11 is 0. The zero-order valence-electron chi connectivity index (χ0n) is 14.2. The lowest BCUT2D eigenvalue weighted by molar-refractivity contribution is 0.158. The van der Waals surface area contributed by atoms with E-state index in [2.05, 4.69) is 27.4 Å². The zero-order valence-corrected chi connectivity index (χ0v) is 14.2. The molecular formula is C16H34N4O. The standard InChI is InChI=1S/C16H34N4O/c1-15-9-4-6-12-20(15)13-7-5-10-18-16(17-2)19-11-8-14-21-3/h15H,4-14H2,1-3H3,(H2,17,18,19). The number of guanidine groups is 1. The van der Waals surface area contributed by atoms with Crippen molar-refractivity contribution in [2.24, 2.45) is 4.99 Å².